The fourth-order valence-electron chi connectivity index (χ4n) is 1.85. The maximum Gasteiger partial charge on any atom is 0.321 e. The van der Waals surface area contributed by atoms with Gasteiger partial charge in [0.05, 0.1) is 6.42 Å². The number of aliphatic carboxylic acids is 1. The lowest BCUT2D eigenvalue weighted by atomic mass is 10.1. The van der Waals surface area contributed by atoms with Crippen molar-refractivity contribution >= 4 is 17.7 Å². The molecule has 0 spiro atoms. The highest BCUT2D eigenvalue weighted by Crippen LogP contribution is 2.12. The molecular formula is C15H22N2O3. The standard InChI is InChI=1S/C15H22N2O3/c1-3-4-5-9-17(2)15(20)16-13-8-6-7-12(10-13)11-14(18)19/h6-8,10H,3-5,9,11H2,1-2H3,(H,16,20)(H,18,19). The number of urea groups is 1. The van der Waals surface area contributed by atoms with Crippen molar-refractivity contribution in [3.63, 3.8) is 0 Å². The molecule has 2 amide bonds. The molecule has 20 heavy (non-hydrogen) atoms. The fourth-order valence-corrected chi connectivity index (χ4v) is 1.85. The number of rotatable bonds is 7. The van der Waals surface area contributed by atoms with Crippen molar-refractivity contribution in [3.05, 3.63) is 29.8 Å². The Kier molecular flexibility index (Phi) is 6.56. The largest absolute Gasteiger partial charge is 0.481 e. The third-order valence-corrected chi connectivity index (χ3v) is 2.98. The minimum absolute atomic E-state index is 0.0456. The number of carbonyl (C=O) groups excluding carboxylic acids is 1. The van der Waals surface area contributed by atoms with E-state index in [4.69, 9.17) is 5.11 Å². The lowest BCUT2D eigenvalue weighted by molar-refractivity contribution is -0.136. The van der Waals surface area contributed by atoms with Gasteiger partial charge in [0, 0.05) is 19.3 Å². The van der Waals surface area contributed by atoms with E-state index in [1.165, 1.54) is 0 Å². The normalized spacial score (nSPS) is 10.1. The number of hydrogen-bond donors (Lipinski definition) is 2. The number of benzene rings is 1. The van der Waals surface area contributed by atoms with Crippen LogP contribution in [-0.4, -0.2) is 35.6 Å². The Balaban J connectivity index is 2.54. The van der Waals surface area contributed by atoms with Gasteiger partial charge < -0.3 is 15.3 Å². The monoisotopic (exact) mass is 278 g/mol. The highest BCUT2D eigenvalue weighted by Gasteiger charge is 2.09. The molecule has 110 valence electrons. The van der Waals surface area contributed by atoms with E-state index in [1.807, 2.05) is 0 Å². The van der Waals surface area contributed by atoms with Gasteiger partial charge in [-0.05, 0) is 24.1 Å². The van der Waals surface area contributed by atoms with Crippen molar-refractivity contribution < 1.29 is 14.7 Å². The lowest BCUT2D eigenvalue weighted by Crippen LogP contribution is -2.32. The molecule has 0 atom stereocenters. The first-order chi connectivity index (χ1) is 9.52. The Morgan fingerprint density at radius 3 is 2.70 bits per heavy atom. The number of unbranched alkanes of at least 4 members (excludes halogenated alkanes) is 2. The Labute approximate surface area is 119 Å². The van der Waals surface area contributed by atoms with Gasteiger partial charge in [0.25, 0.3) is 0 Å². The van der Waals surface area contributed by atoms with E-state index in [9.17, 15) is 9.59 Å². The number of carboxylic acid groups (broad SMARTS) is 1. The molecule has 0 radical (unpaired) electrons. The van der Waals surface area contributed by atoms with Crippen LogP contribution in [0.15, 0.2) is 24.3 Å². The van der Waals surface area contributed by atoms with Crippen LogP contribution in [0.1, 0.15) is 31.7 Å². The summed E-state index contributed by atoms with van der Waals surface area (Å²) < 4.78 is 0. The molecule has 0 aliphatic carbocycles. The molecule has 0 aliphatic heterocycles. The first-order valence-electron chi connectivity index (χ1n) is 6.85. The van der Waals surface area contributed by atoms with Crippen molar-refractivity contribution in [3.8, 4) is 0 Å². The number of hydrogen-bond acceptors (Lipinski definition) is 2. The summed E-state index contributed by atoms with van der Waals surface area (Å²) in [6.45, 7) is 2.84. The molecule has 5 heteroatoms. The summed E-state index contributed by atoms with van der Waals surface area (Å²) in [7, 11) is 1.76. The summed E-state index contributed by atoms with van der Waals surface area (Å²) in [6, 6.07) is 6.74. The Morgan fingerprint density at radius 2 is 2.05 bits per heavy atom. The zero-order valence-electron chi connectivity index (χ0n) is 12.1. The molecule has 0 heterocycles. The van der Waals surface area contributed by atoms with Crippen molar-refractivity contribution in [2.75, 3.05) is 18.9 Å². The van der Waals surface area contributed by atoms with Crippen LogP contribution in [0.3, 0.4) is 0 Å². The summed E-state index contributed by atoms with van der Waals surface area (Å²) >= 11 is 0. The molecule has 1 aromatic carbocycles. The van der Waals surface area contributed by atoms with Crippen LogP contribution in [0.4, 0.5) is 10.5 Å². The van der Waals surface area contributed by atoms with E-state index >= 15 is 0 Å². The highest BCUT2D eigenvalue weighted by molar-refractivity contribution is 5.89. The van der Waals surface area contributed by atoms with Crippen LogP contribution in [0, 0.1) is 0 Å². The topological polar surface area (TPSA) is 69.6 Å². The number of amides is 2. The highest BCUT2D eigenvalue weighted by atomic mass is 16.4. The van der Waals surface area contributed by atoms with E-state index in [1.54, 1.807) is 36.2 Å². The molecule has 1 rings (SSSR count). The zero-order chi connectivity index (χ0) is 15.0. The Morgan fingerprint density at radius 1 is 1.30 bits per heavy atom. The van der Waals surface area contributed by atoms with E-state index in [2.05, 4.69) is 12.2 Å². The average Bonchev–Trinajstić information content (AvgIpc) is 2.38. The number of anilines is 1. The van der Waals surface area contributed by atoms with E-state index in [-0.39, 0.29) is 12.5 Å². The molecule has 0 aromatic heterocycles. The van der Waals surface area contributed by atoms with Crippen LogP contribution >= 0.6 is 0 Å². The smallest absolute Gasteiger partial charge is 0.321 e. The predicted octanol–water partition coefficient (Wildman–Crippen LogP) is 2.97. The second-order valence-electron chi connectivity index (χ2n) is 4.83. The summed E-state index contributed by atoms with van der Waals surface area (Å²) in [6.07, 6.45) is 3.16. The van der Waals surface area contributed by atoms with Crippen LogP contribution in [-0.2, 0) is 11.2 Å². The molecule has 2 N–H and O–H groups in total. The molecule has 0 saturated carbocycles. The van der Waals surface area contributed by atoms with Gasteiger partial charge in [-0.25, -0.2) is 4.79 Å². The van der Waals surface area contributed by atoms with Gasteiger partial charge in [0.15, 0.2) is 0 Å². The van der Waals surface area contributed by atoms with Crippen molar-refractivity contribution in [2.24, 2.45) is 0 Å². The van der Waals surface area contributed by atoms with Gasteiger partial charge in [0.2, 0.25) is 0 Å². The van der Waals surface area contributed by atoms with Crippen LogP contribution in [0.2, 0.25) is 0 Å². The summed E-state index contributed by atoms with van der Waals surface area (Å²) in [4.78, 5) is 24.2. The van der Waals surface area contributed by atoms with Gasteiger partial charge in [-0.15, -0.1) is 0 Å². The summed E-state index contributed by atoms with van der Waals surface area (Å²) in [5, 5.41) is 11.5. The Hall–Kier alpha value is -2.04. The number of nitrogens with zero attached hydrogens (tertiary/aromatic N) is 1. The van der Waals surface area contributed by atoms with E-state index < -0.39 is 5.97 Å². The molecule has 0 bridgehead atoms. The van der Waals surface area contributed by atoms with Gasteiger partial charge in [-0.2, -0.15) is 0 Å². The number of carbonyl (C=O) groups is 2. The molecule has 0 saturated heterocycles. The maximum absolute atomic E-state index is 11.9. The number of carboxylic acids is 1. The number of nitrogens with one attached hydrogen (secondary N) is 1. The molecule has 5 nitrogen and oxygen atoms in total. The van der Waals surface area contributed by atoms with Gasteiger partial charge >= 0.3 is 12.0 Å². The maximum atomic E-state index is 11.9. The minimum atomic E-state index is -0.884. The predicted molar refractivity (Wildman–Crippen MR) is 79.0 cm³/mol. The van der Waals surface area contributed by atoms with E-state index in [0.29, 0.717) is 17.8 Å². The van der Waals surface area contributed by atoms with Crippen LogP contribution in [0.5, 0.6) is 0 Å². The summed E-state index contributed by atoms with van der Waals surface area (Å²) in [5.74, 6) is -0.884. The zero-order valence-corrected chi connectivity index (χ0v) is 12.1. The van der Waals surface area contributed by atoms with Gasteiger partial charge in [-0.3, -0.25) is 4.79 Å². The second kappa shape index (κ2) is 8.19. The van der Waals surface area contributed by atoms with Crippen molar-refractivity contribution in [1.29, 1.82) is 0 Å². The Bertz CT molecular complexity index is 460. The van der Waals surface area contributed by atoms with Gasteiger partial charge in [0.1, 0.15) is 0 Å². The van der Waals surface area contributed by atoms with Gasteiger partial charge in [-0.1, -0.05) is 31.9 Å². The first-order valence-corrected chi connectivity index (χ1v) is 6.85. The average molecular weight is 278 g/mol. The van der Waals surface area contributed by atoms with Crippen molar-refractivity contribution in [2.45, 2.75) is 32.6 Å². The second-order valence-corrected chi connectivity index (χ2v) is 4.83. The molecule has 1 aromatic rings. The first kappa shape index (κ1) is 16.0. The summed E-state index contributed by atoms with van der Waals surface area (Å²) in [5.41, 5.74) is 1.29. The SMILES string of the molecule is CCCCCN(C)C(=O)Nc1cccc(CC(=O)O)c1. The molecular weight excluding hydrogens is 256 g/mol. The van der Waals surface area contributed by atoms with Crippen LogP contribution < -0.4 is 5.32 Å². The fraction of sp³-hybridized carbons (Fsp3) is 0.467. The third-order valence-electron chi connectivity index (χ3n) is 2.98. The quantitative estimate of drug-likeness (QED) is 0.753. The molecule has 0 unspecified atom stereocenters. The molecule has 0 aliphatic rings. The van der Waals surface area contributed by atoms with E-state index in [0.717, 1.165) is 19.3 Å². The third kappa shape index (κ3) is 5.73. The van der Waals surface area contributed by atoms with Crippen LogP contribution in [0.25, 0.3) is 0 Å². The van der Waals surface area contributed by atoms with Crippen molar-refractivity contribution in [1.82, 2.24) is 4.90 Å². The molecule has 0 fully saturated rings. The lowest BCUT2D eigenvalue weighted by Gasteiger charge is -2.18. The minimum Gasteiger partial charge on any atom is -0.481 e.